The number of nitrogens with zero attached hydrogens (tertiary/aromatic N) is 1. The Morgan fingerprint density at radius 3 is 2.38 bits per heavy atom. The van der Waals surface area contributed by atoms with Gasteiger partial charge in [-0.2, -0.15) is 0 Å². The molecule has 0 amide bonds. The lowest BCUT2D eigenvalue weighted by Gasteiger charge is -2.08. The van der Waals surface area contributed by atoms with Crippen LogP contribution in [-0.4, -0.2) is 22.5 Å². The van der Waals surface area contributed by atoms with Crippen LogP contribution in [0.3, 0.4) is 0 Å². The zero-order valence-corrected chi connectivity index (χ0v) is 8.50. The summed E-state index contributed by atoms with van der Waals surface area (Å²) in [6, 6.07) is 5.79. The fourth-order valence-electron chi connectivity index (χ4n) is 1.31. The first-order valence-electron chi connectivity index (χ1n) is 4.70. The number of carboxylic acid groups (broad SMARTS) is 1. The first-order chi connectivity index (χ1) is 7.54. The molecule has 0 saturated heterocycles. The number of hydrogen-bond acceptors (Lipinski definition) is 4. The second-order valence-electron chi connectivity index (χ2n) is 3.40. The predicted molar refractivity (Wildman–Crippen MR) is 57.0 cm³/mol. The highest BCUT2D eigenvalue weighted by molar-refractivity contribution is 5.70. The number of benzene rings is 1. The summed E-state index contributed by atoms with van der Waals surface area (Å²) in [6.45, 7) is 0.0479. The van der Waals surface area contributed by atoms with Gasteiger partial charge in [0, 0.05) is 18.7 Å². The zero-order valence-electron chi connectivity index (χ0n) is 8.50. The first-order valence-corrected chi connectivity index (χ1v) is 4.70. The fraction of sp³-hybridized carbons (Fsp3) is 0.300. The van der Waals surface area contributed by atoms with E-state index in [1.807, 2.05) is 0 Å². The summed E-state index contributed by atoms with van der Waals surface area (Å²) in [5.41, 5.74) is 6.03. The van der Waals surface area contributed by atoms with Crippen molar-refractivity contribution in [1.82, 2.24) is 0 Å². The molecule has 6 nitrogen and oxygen atoms in total. The van der Waals surface area contributed by atoms with Gasteiger partial charge in [0.25, 0.3) is 5.69 Å². The molecular formula is C10H12N2O4. The quantitative estimate of drug-likeness (QED) is 0.568. The average molecular weight is 224 g/mol. The maximum atomic E-state index is 10.7. The highest BCUT2D eigenvalue weighted by Gasteiger charge is 2.16. The lowest BCUT2D eigenvalue weighted by molar-refractivity contribution is -0.384. The first kappa shape index (κ1) is 12.1. The summed E-state index contributed by atoms with van der Waals surface area (Å²) in [5, 5.41) is 19.2. The summed E-state index contributed by atoms with van der Waals surface area (Å²) in [4.78, 5) is 20.6. The van der Waals surface area contributed by atoms with Crippen LogP contribution in [0.25, 0.3) is 0 Å². The molecule has 16 heavy (non-hydrogen) atoms. The molecule has 6 heteroatoms. The van der Waals surface area contributed by atoms with Crippen LogP contribution in [0, 0.1) is 16.0 Å². The third-order valence-corrected chi connectivity index (χ3v) is 2.26. The van der Waals surface area contributed by atoms with Crippen molar-refractivity contribution < 1.29 is 14.8 Å². The minimum atomic E-state index is -0.958. The van der Waals surface area contributed by atoms with Crippen molar-refractivity contribution in [3.05, 3.63) is 39.9 Å². The summed E-state index contributed by atoms with van der Waals surface area (Å²) >= 11 is 0. The third-order valence-electron chi connectivity index (χ3n) is 2.26. The lowest BCUT2D eigenvalue weighted by Crippen LogP contribution is -2.25. The summed E-state index contributed by atoms with van der Waals surface area (Å²) in [5.74, 6) is -1.61. The second-order valence-corrected chi connectivity index (χ2v) is 3.40. The van der Waals surface area contributed by atoms with Crippen LogP contribution in [-0.2, 0) is 11.2 Å². The number of hydrogen-bond donors (Lipinski definition) is 2. The topological polar surface area (TPSA) is 106 Å². The van der Waals surface area contributed by atoms with Crippen LogP contribution in [0.5, 0.6) is 0 Å². The van der Waals surface area contributed by atoms with E-state index in [9.17, 15) is 14.9 Å². The number of nitro groups is 1. The van der Waals surface area contributed by atoms with Gasteiger partial charge in [-0.1, -0.05) is 12.1 Å². The maximum Gasteiger partial charge on any atom is 0.308 e. The van der Waals surface area contributed by atoms with Gasteiger partial charge >= 0.3 is 5.97 Å². The van der Waals surface area contributed by atoms with E-state index in [0.29, 0.717) is 0 Å². The van der Waals surface area contributed by atoms with E-state index in [4.69, 9.17) is 10.8 Å². The largest absolute Gasteiger partial charge is 0.481 e. The van der Waals surface area contributed by atoms with Gasteiger partial charge in [0.2, 0.25) is 0 Å². The molecule has 1 aromatic carbocycles. The Hall–Kier alpha value is -1.95. The van der Waals surface area contributed by atoms with Crippen LogP contribution in [0.1, 0.15) is 5.56 Å². The van der Waals surface area contributed by atoms with Crippen molar-refractivity contribution in [2.75, 3.05) is 6.54 Å². The van der Waals surface area contributed by atoms with Crippen LogP contribution in [0.2, 0.25) is 0 Å². The van der Waals surface area contributed by atoms with Gasteiger partial charge in [-0.3, -0.25) is 14.9 Å². The van der Waals surface area contributed by atoms with Gasteiger partial charge in [-0.05, 0) is 12.0 Å². The molecule has 0 aromatic heterocycles. The number of nitrogens with two attached hydrogens (primary N) is 1. The molecule has 0 fully saturated rings. The maximum absolute atomic E-state index is 10.7. The highest BCUT2D eigenvalue weighted by atomic mass is 16.6. The van der Waals surface area contributed by atoms with E-state index < -0.39 is 16.8 Å². The standard InChI is InChI=1S/C10H12N2O4/c11-6-8(10(13)14)5-7-1-3-9(4-2-7)12(15)16/h1-4,8H,5-6,11H2,(H,13,14)/t8-/m1/s1. The van der Waals surface area contributed by atoms with Crippen molar-refractivity contribution in [2.24, 2.45) is 11.7 Å². The van der Waals surface area contributed by atoms with E-state index in [0.717, 1.165) is 5.56 Å². The molecule has 0 bridgehead atoms. The van der Waals surface area contributed by atoms with Crippen molar-refractivity contribution in [3.63, 3.8) is 0 Å². The van der Waals surface area contributed by atoms with Gasteiger partial charge < -0.3 is 10.8 Å². The fourth-order valence-corrected chi connectivity index (χ4v) is 1.31. The molecule has 0 aliphatic heterocycles. The number of nitro benzene ring substituents is 1. The molecule has 3 N–H and O–H groups in total. The Morgan fingerprint density at radius 1 is 1.44 bits per heavy atom. The zero-order chi connectivity index (χ0) is 12.1. The van der Waals surface area contributed by atoms with Crippen molar-refractivity contribution in [3.8, 4) is 0 Å². The van der Waals surface area contributed by atoms with Crippen LogP contribution >= 0.6 is 0 Å². The highest BCUT2D eigenvalue weighted by Crippen LogP contribution is 2.14. The molecule has 0 aliphatic carbocycles. The Morgan fingerprint density at radius 2 is 2.00 bits per heavy atom. The molecule has 0 radical (unpaired) electrons. The molecule has 86 valence electrons. The van der Waals surface area contributed by atoms with Gasteiger partial charge in [0.15, 0.2) is 0 Å². The number of aliphatic carboxylic acids is 1. The molecule has 0 saturated carbocycles. The van der Waals surface area contributed by atoms with Gasteiger partial charge in [-0.25, -0.2) is 0 Å². The Kier molecular flexibility index (Phi) is 3.96. The number of rotatable bonds is 5. The molecule has 0 unspecified atom stereocenters. The average Bonchev–Trinajstić information content (AvgIpc) is 2.26. The molecule has 1 aromatic rings. The third kappa shape index (κ3) is 3.03. The lowest BCUT2D eigenvalue weighted by atomic mass is 9.99. The molecule has 1 atom stereocenters. The van der Waals surface area contributed by atoms with Gasteiger partial charge in [-0.15, -0.1) is 0 Å². The summed E-state index contributed by atoms with van der Waals surface area (Å²) in [6.07, 6.45) is 0.282. The molecule has 0 aliphatic rings. The van der Waals surface area contributed by atoms with E-state index in [-0.39, 0.29) is 18.7 Å². The molecule has 0 heterocycles. The SMILES string of the molecule is NC[C@@H](Cc1ccc([N+](=O)[O-])cc1)C(=O)O. The minimum Gasteiger partial charge on any atom is -0.481 e. The monoisotopic (exact) mass is 224 g/mol. The van der Waals surface area contributed by atoms with E-state index in [2.05, 4.69) is 0 Å². The predicted octanol–water partition coefficient (Wildman–Crippen LogP) is 0.797. The van der Waals surface area contributed by atoms with Crippen LogP contribution in [0.15, 0.2) is 24.3 Å². The van der Waals surface area contributed by atoms with Gasteiger partial charge in [0.05, 0.1) is 10.8 Å². The van der Waals surface area contributed by atoms with Crippen LogP contribution < -0.4 is 5.73 Å². The number of carboxylic acids is 1. The van der Waals surface area contributed by atoms with E-state index >= 15 is 0 Å². The van der Waals surface area contributed by atoms with Crippen molar-refractivity contribution >= 4 is 11.7 Å². The smallest absolute Gasteiger partial charge is 0.308 e. The normalized spacial score (nSPS) is 12.1. The van der Waals surface area contributed by atoms with E-state index in [1.165, 1.54) is 12.1 Å². The minimum absolute atomic E-state index is 0.0108. The second kappa shape index (κ2) is 5.22. The molecule has 1 rings (SSSR count). The molecule has 0 spiro atoms. The van der Waals surface area contributed by atoms with Gasteiger partial charge in [0.1, 0.15) is 0 Å². The van der Waals surface area contributed by atoms with Crippen LogP contribution in [0.4, 0.5) is 5.69 Å². The van der Waals surface area contributed by atoms with Crippen molar-refractivity contribution in [1.29, 1.82) is 0 Å². The number of carbonyl (C=O) groups is 1. The van der Waals surface area contributed by atoms with Crippen molar-refractivity contribution in [2.45, 2.75) is 6.42 Å². The number of non-ortho nitro benzene ring substituents is 1. The summed E-state index contributed by atoms with van der Waals surface area (Å²) in [7, 11) is 0. The summed E-state index contributed by atoms with van der Waals surface area (Å²) < 4.78 is 0. The Bertz CT molecular complexity index is 388. The molecular weight excluding hydrogens is 212 g/mol. The van der Waals surface area contributed by atoms with E-state index in [1.54, 1.807) is 12.1 Å². The Balaban J connectivity index is 2.75. The Labute approximate surface area is 91.8 Å².